The van der Waals surface area contributed by atoms with Gasteiger partial charge < -0.3 is 15.7 Å². The first-order valence-corrected chi connectivity index (χ1v) is 9.35. The summed E-state index contributed by atoms with van der Waals surface area (Å²) in [4.78, 5) is 9.14. The normalized spacial score (nSPS) is 12.0. The van der Waals surface area contributed by atoms with E-state index < -0.39 is 0 Å². The summed E-state index contributed by atoms with van der Waals surface area (Å²) in [5.74, 6) is 1.02. The molecule has 3 N–H and O–H groups in total. The van der Waals surface area contributed by atoms with E-state index in [0.29, 0.717) is 18.3 Å². The van der Waals surface area contributed by atoms with E-state index in [-0.39, 0.29) is 24.4 Å². The molecular formula is C22H25FN4O. The highest BCUT2D eigenvalue weighted by molar-refractivity contribution is 5.64. The highest BCUT2D eigenvalue weighted by atomic mass is 19.1. The van der Waals surface area contributed by atoms with E-state index in [1.165, 1.54) is 12.1 Å². The Hall–Kier alpha value is -2.99. The zero-order chi connectivity index (χ0) is 19.9. The number of aliphatic hydroxyl groups excluding tert-OH is 1. The van der Waals surface area contributed by atoms with Gasteiger partial charge in [0.2, 0.25) is 5.95 Å². The van der Waals surface area contributed by atoms with Crippen LogP contribution in [0.2, 0.25) is 0 Å². The van der Waals surface area contributed by atoms with Crippen LogP contribution in [0.25, 0.3) is 11.3 Å². The second kappa shape index (κ2) is 9.28. The number of rotatable bonds is 8. The minimum Gasteiger partial charge on any atom is -0.394 e. The predicted octanol–water partition coefficient (Wildman–Crippen LogP) is 4.32. The quantitative estimate of drug-likeness (QED) is 0.543. The fraction of sp³-hybridized carbons (Fsp3) is 0.273. The third kappa shape index (κ3) is 5.27. The van der Waals surface area contributed by atoms with Crippen molar-refractivity contribution in [1.29, 1.82) is 0 Å². The Balaban J connectivity index is 1.88. The molecule has 0 fully saturated rings. The second-order valence-corrected chi connectivity index (χ2v) is 6.99. The minimum atomic E-state index is -0.267. The van der Waals surface area contributed by atoms with Crippen LogP contribution in [-0.4, -0.2) is 27.7 Å². The first-order valence-electron chi connectivity index (χ1n) is 9.35. The molecule has 6 heteroatoms. The molecule has 3 rings (SSSR count). The van der Waals surface area contributed by atoms with Crippen molar-refractivity contribution in [3.8, 4) is 11.3 Å². The van der Waals surface area contributed by atoms with Crippen LogP contribution in [0.1, 0.15) is 19.4 Å². The Kier molecular flexibility index (Phi) is 6.55. The third-order valence-corrected chi connectivity index (χ3v) is 4.47. The Morgan fingerprint density at radius 2 is 1.79 bits per heavy atom. The maximum atomic E-state index is 13.4. The average molecular weight is 380 g/mol. The lowest BCUT2D eigenvalue weighted by molar-refractivity contribution is 0.248. The molecule has 0 saturated heterocycles. The summed E-state index contributed by atoms with van der Waals surface area (Å²) in [7, 11) is 0. The van der Waals surface area contributed by atoms with E-state index in [1.54, 1.807) is 6.07 Å². The van der Waals surface area contributed by atoms with Crippen LogP contribution in [0.5, 0.6) is 0 Å². The predicted molar refractivity (Wildman–Crippen MR) is 111 cm³/mol. The first-order chi connectivity index (χ1) is 13.5. The van der Waals surface area contributed by atoms with Crippen LogP contribution in [0.4, 0.5) is 16.2 Å². The van der Waals surface area contributed by atoms with Gasteiger partial charge in [-0.3, -0.25) is 0 Å². The smallest absolute Gasteiger partial charge is 0.225 e. The molecule has 0 saturated carbocycles. The number of anilines is 2. The van der Waals surface area contributed by atoms with Gasteiger partial charge in [0.05, 0.1) is 18.3 Å². The minimum absolute atomic E-state index is 0.0113. The van der Waals surface area contributed by atoms with Gasteiger partial charge in [-0.05, 0) is 23.6 Å². The van der Waals surface area contributed by atoms with E-state index in [1.807, 2.05) is 56.3 Å². The fourth-order valence-corrected chi connectivity index (χ4v) is 2.79. The van der Waals surface area contributed by atoms with Gasteiger partial charge in [-0.1, -0.05) is 56.3 Å². The van der Waals surface area contributed by atoms with Crippen LogP contribution < -0.4 is 10.6 Å². The highest BCUT2D eigenvalue weighted by Gasteiger charge is 2.15. The summed E-state index contributed by atoms with van der Waals surface area (Å²) in [5.41, 5.74) is 2.55. The van der Waals surface area contributed by atoms with Gasteiger partial charge in [0.25, 0.3) is 0 Å². The molecule has 2 aromatic carbocycles. The van der Waals surface area contributed by atoms with Gasteiger partial charge in [0, 0.05) is 18.2 Å². The van der Waals surface area contributed by atoms with Gasteiger partial charge in [0.1, 0.15) is 11.6 Å². The lowest BCUT2D eigenvalue weighted by Crippen LogP contribution is -2.30. The molecule has 0 aliphatic carbocycles. The number of aliphatic hydroxyl groups is 1. The molecule has 28 heavy (non-hydrogen) atoms. The Morgan fingerprint density at radius 3 is 2.46 bits per heavy atom. The van der Waals surface area contributed by atoms with Crippen molar-refractivity contribution in [2.45, 2.75) is 26.4 Å². The number of hydrogen-bond acceptors (Lipinski definition) is 5. The molecule has 1 aromatic heterocycles. The van der Waals surface area contributed by atoms with Crippen LogP contribution in [0.15, 0.2) is 60.7 Å². The molecule has 0 aliphatic heterocycles. The molecule has 1 heterocycles. The molecule has 1 atom stereocenters. The summed E-state index contributed by atoms with van der Waals surface area (Å²) >= 11 is 0. The molecule has 0 bridgehead atoms. The number of aromatic nitrogens is 2. The van der Waals surface area contributed by atoms with Crippen molar-refractivity contribution in [2.75, 3.05) is 17.2 Å². The molecule has 5 nitrogen and oxygen atoms in total. The number of nitrogens with one attached hydrogen (secondary N) is 2. The van der Waals surface area contributed by atoms with Crippen LogP contribution in [0.3, 0.4) is 0 Å². The zero-order valence-electron chi connectivity index (χ0n) is 16.1. The van der Waals surface area contributed by atoms with E-state index >= 15 is 0 Å². The maximum Gasteiger partial charge on any atom is 0.225 e. The lowest BCUT2D eigenvalue weighted by atomic mass is 10.1. The van der Waals surface area contributed by atoms with Crippen LogP contribution in [0, 0.1) is 11.7 Å². The molecule has 0 aliphatic rings. The van der Waals surface area contributed by atoms with Gasteiger partial charge in [-0.2, -0.15) is 4.98 Å². The molecule has 0 spiro atoms. The molecule has 3 aromatic rings. The van der Waals surface area contributed by atoms with E-state index in [0.717, 1.165) is 16.8 Å². The molecule has 0 unspecified atom stereocenters. The zero-order valence-corrected chi connectivity index (χ0v) is 16.1. The lowest BCUT2D eigenvalue weighted by Gasteiger charge is -2.20. The van der Waals surface area contributed by atoms with Crippen molar-refractivity contribution in [3.05, 3.63) is 72.0 Å². The summed E-state index contributed by atoms with van der Waals surface area (Å²) in [6.07, 6.45) is 0. The number of halogens is 1. The second-order valence-electron chi connectivity index (χ2n) is 6.99. The first kappa shape index (κ1) is 19.8. The number of nitrogens with zero attached hydrogens (tertiary/aromatic N) is 2. The van der Waals surface area contributed by atoms with Gasteiger partial charge in [-0.15, -0.1) is 0 Å². The molecule has 146 valence electrons. The Labute approximate surface area is 164 Å². The Bertz CT molecular complexity index is 902. The van der Waals surface area contributed by atoms with Gasteiger partial charge in [0.15, 0.2) is 0 Å². The standard InChI is InChI=1S/C22H25FN4O/c1-15(2)20(14-28)26-22-25-19(17-8-4-3-5-9-17)12-21(27-22)24-13-16-7-6-10-18(23)11-16/h3-12,15,20,28H,13-14H2,1-2H3,(H2,24,25,26,27)/t20-/m0/s1. The van der Waals surface area contributed by atoms with Crippen molar-refractivity contribution in [1.82, 2.24) is 9.97 Å². The molecule has 0 radical (unpaired) electrons. The van der Waals surface area contributed by atoms with E-state index in [9.17, 15) is 9.50 Å². The van der Waals surface area contributed by atoms with Crippen molar-refractivity contribution < 1.29 is 9.50 Å². The van der Waals surface area contributed by atoms with Gasteiger partial charge in [-0.25, -0.2) is 9.37 Å². The largest absolute Gasteiger partial charge is 0.394 e. The highest BCUT2D eigenvalue weighted by Crippen LogP contribution is 2.22. The maximum absolute atomic E-state index is 13.4. The van der Waals surface area contributed by atoms with Crippen molar-refractivity contribution >= 4 is 11.8 Å². The fourth-order valence-electron chi connectivity index (χ4n) is 2.79. The van der Waals surface area contributed by atoms with Crippen molar-refractivity contribution in [3.63, 3.8) is 0 Å². The average Bonchev–Trinajstić information content (AvgIpc) is 2.71. The van der Waals surface area contributed by atoms with E-state index in [2.05, 4.69) is 20.6 Å². The topological polar surface area (TPSA) is 70.1 Å². The van der Waals surface area contributed by atoms with Crippen LogP contribution in [-0.2, 0) is 6.54 Å². The number of benzene rings is 2. The third-order valence-electron chi connectivity index (χ3n) is 4.47. The Morgan fingerprint density at radius 1 is 1.00 bits per heavy atom. The number of hydrogen-bond donors (Lipinski definition) is 3. The van der Waals surface area contributed by atoms with Crippen LogP contribution >= 0.6 is 0 Å². The van der Waals surface area contributed by atoms with Crippen molar-refractivity contribution in [2.24, 2.45) is 5.92 Å². The molecular weight excluding hydrogens is 355 g/mol. The summed E-state index contributed by atoms with van der Waals surface area (Å²) in [5, 5.41) is 16.1. The van der Waals surface area contributed by atoms with E-state index in [4.69, 9.17) is 0 Å². The summed E-state index contributed by atoms with van der Waals surface area (Å²) in [6.45, 7) is 4.48. The monoisotopic (exact) mass is 380 g/mol. The summed E-state index contributed by atoms with van der Waals surface area (Å²) < 4.78 is 13.4. The molecule has 0 amide bonds. The van der Waals surface area contributed by atoms with Gasteiger partial charge >= 0.3 is 0 Å². The summed E-state index contributed by atoms with van der Waals surface area (Å²) in [6, 6.07) is 18.0. The SMILES string of the molecule is CC(C)[C@H](CO)Nc1nc(NCc2cccc(F)c2)cc(-c2ccccc2)n1.